The van der Waals surface area contributed by atoms with Crippen molar-refractivity contribution in [3.8, 4) is 0 Å². The number of hydrogen-bond acceptors (Lipinski definition) is 9. The first-order chi connectivity index (χ1) is 14.1. The highest BCUT2D eigenvalue weighted by Crippen LogP contribution is 2.14. The van der Waals surface area contributed by atoms with Crippen molar-refractivity contribution < 1.29 is 58.3 Å². The van der Waals surface area contributed by atoms with Crippen LogP contribution in [0.25, 0.3) is 0 Å². The zero-order chi connectivity index (χ0) is 25.4. The second-order valence-electron chi connectivity index (χ2n) is 5.81. The SMILES string of the molecule is CC(=O)O.CC(=O)O.CC(=O)O.CC(=O)OCCC(CCOC(C)=O)CCOC(C)=O. The smallest absolute Gasteiger partial charge is 0.302 e. The fraction of sp³-hybridized carbons (Fsp3) is 0.684. The van der Waals surface area contributed by atoms with Gasteiger partial charge in [0.25, 0.3) is 17.9 Å². The average molecular weight is 454 g/mol. The zero-order valence-electron chi connectivity index (χ0n) is 18.8. The van der Waals surface area contributed by atoms with Gasteiger partial charge in [-0.2, -0.15) is 0 Å². The molecule has 0 atom stereocenters. The molecule has 31 heavy (non-hydrogen) atoms. The highest BCUT2D eigenvalue weighted by molar-refractivity contribution is 5.66. The van der Waals surface area contributed by atoms with Crippen LogP contribution in [0.15, 0.2) is 0 Å². The Bertz CT molecular complexity index is 454. The Morgan fingerprint density at radius 2 is 0.677 bits per heavy atom. The summed E-state index contributed by atoms with van der Waals surface area (Å²) in [6, 6.07) is 0. The van der Waals surface area contributed by atoms with Gasteiger partial charge in [-0.3, -0.25) is 28.8 Å². The van der Waals surface area contributed by atoms with E-state index in [4.69, 9.17) is 43.9 Å². The van der Waals surface area contributed by atoms with Gasteiger partial charge in [-0.15, -0.1) is 0 Å². The predicted octanol–water partition coefficient (Wildman–Crippen LogP) is 1.73. The molecule has 0 radical (unpaired) electrons. The van der Waals surface area contributed by atoms with Crippen molar-refractivity contribution in [1.82, 2.24) is 0 Å². The molecule has 0 bridgehead atoms. The Kier molecular flexibility index (Phi) is 28.3. The van der Waals surface area contributed by atoms with E-state index in [1.54, 1.807) is 0 Å². The van der Waals surface area contributed by atoms with Crippen molar-refractivity contribution >= 4 is 35.8 Å². The third-order valence-corrected chi connectivity index (χ3v) is 2.49. The molecule has 0 aromatic heterocycles. The first-order valence-electron chi connectivity index (χ1n) is 9.10. The molecule has 0 amide bonds. The van der Waals surface area contributed by atoms with Gasteiger partial charge in [0, 0.05) is 41.5 Å². The van der Waals surface area contributed by atoms with E-state index in [-0.39, 0.29) is 23.8 Å². The maximum absolute atomic E-state index is 10.7. The van der Waals surface area contributed by atoms with Crippen LogP contribution >= 0.6 is 0 Å². The molecule has 0 aromatic carbocycles. The van der Waals surface area contributed by atoms with Crippen LogP contribution in [0.5, 0.6) is 0 Å². The maximum Gasteiger partial charge on any atom is 0.302 e. The standard InChI is InChI=1S/C13H22O6.3C2H4O2/c1-10(14)17-7-4-13(5-8-18-11(2)15)6-9-19-12(3)16;3*1-2(3)4/h13H,4-9H2,1-3H3;3*1H3,(H,3,4). The van der Waals surface area contributed by atoms with Gasteiger partial charge in [0.1, 0.15) is 0 Å². The summed E-state index contributed by atoms with van der Waals surface area (Å²) in [5.41, 5.74) is 0. The van der Waals surface area contributed by atoms with Crippen LogP contribution in [0, 0.1) is 5.92 Å². The zero-order valence-corrected chi connectivity index (χ0v) is 18.8. The lowest BCUT2D eigenvalue weighted by Gasteiger charge is -2.16. The molecule has 0 rings (SSSR count). The first kappa shape index (κ1) is 35.3. The lowest BCUT2D eigenvalue weighted by atomic mass is 9.99. The van der Waals surface area contributed by atoms with Gasteiger partial charge in [-0.05, 0) is 25.2 Å². The van der Waals surface area contributed by atoms with Crippen molar-refractivity contribution in [3.63, 3.8) is 0 Å². The summed E-state index contributed by atoms with van der Waals surface area (Å²) in [7, 11) is 0. The number of esters is 3. The molecule has 12 heteroatoms. The van der Waals surface area contributed by atoms with E-state index in [0.29, 0.717) is 39.1 Å². The molecule has 0 aliphatic heterocycles. The van der Waals surface area contributed by atoms with Crippen LogP contribution in [-0.4, -0.2) is 71.0 Å². The van der Waals surface area contributed by atoms with E-state index < -0.39 is 17.9 Å². The largest absolute Gasteiger partial charge is 0.481 e. The number of aliphatic carboxylic acids is 3. The first-order valence-corrected chi connectivity index (χ1v) is 9.10. The van der Waals surface area contributed by atoms with E-state index in [2.05, 4.69) is 0 Å². The van der Waals surface area contributed by atoms with Crippen molar-refractivity contribution in [3.05, 3.63) is 0 Å². The van der Waals surface area contributed by atoms with Gasteiger partial charge in [0.2, 0.25) is 0 Å². The van der Waals surface area contributed by atoms with Gasteiger partial charge in [-0.1, -0.05) is 0 Å². The molecule has 0 aliphatic rings. The van der Waals surface area contributed by atoms with Crippen molar-refractivity contribution in [2.75, 3.05) is 19.8 Å². The topological polar surface area (TPSA) is 191 Å². The quantitative estimate of drug-likeness (QED) is 0.338. The molecule has 0 unspecified atom stereocenters. The molecule has 0 heterocycles. The van der Waals surface area contributed by atoms with Crippen LogP contribution in [0.2, 0.25) is 0 Å². The monoisotopic (exact) mass is 454 g/mol. The summed E-state index contributed by atoms with van der Waals surface area (Å²) in [5, 5.41) is 22.2. The van der Waals surface area contributed by atoms with Crippen LogP contribution in [0.4, 0.5) is 0 Å². The third-order valence-electron chi connectivity index (χ3n) is 2.49. The van der Waals surface area contributed by atoms with Gasteiger partial charge in [-0.25, -0.2) is 0 Å². The Hall–Kier alpha value is -3.18. The Morgan fingerprint density at radius 1 is 0.516 bits per heavy atom. The Labute approximate surface area is 181 Å². The second kappa shape index (κ2) is 24.9. The number of rotatable bonds is 9. The summed E-state index contributed by atoms with van der Waals surface area (Å²) in [6.07, 6.45) is 1.96. The summed E-state index contributed by atoms with van der Waals surface area (Å²) in [4.78, 5) is 59.0. The summed E-state index contributed by atoms with van der Waals surface area (Å²) in [5.74, 6) is -3.28. The fourth-order valence-corrected chi connectivity index (χ4v) is 1.54. The van der Waals surface area contributed by atoms with Gasteiger partial charge in [0.15, 0.2) is 0 Å². The molecular weight excluding hydrogens is 420 g/mol. The molecule has 0 spiro atoms. The van der Waals surface area contributed by atoms with Crippen LogP contribution in [-0.2, 0) is 43.0 Å². The summed E-state index contributed by atoms with van der Waals surface area (Å²) < 4.78 is 14.6. The summed E-state index contributed by atoms with van der Waals surface area (Å²) in [6.45, 7) is 8.27. The van der Waals surface area contributed by atoms with Gasteiger partial charge >= 0.3 is 17.9 Å². The molecule has 0 saturated carbocycles. The van der Waals surface area contributed by atoms with E-state index in [1.807, 2.05) is 0 Å². The van der Waals surface area contributed by atoms with E-state index in [9.17, 15) is 14.4 Å². The number of carboxylic acid groups (broad SMARTS) is 3. The van der Waals surface area contributed by atoms with Gasteiger partial charge in [0.05, 0.1) is 19.8 Å². The maximum atomic E-state index is 10.7. The normalized spacial score (nSPS) is 8.61. The Balaban J connectivity index is -0.000000247. The van der Waals surface area contributed by atoms with E-state index >= 15 is 0 Å². The lowest BCUT2D eigenvalue weighted by Crippen LogP contribution is -2.14. The van der Waals surface area contributed by atoms with Crippen molar-refractivity contribution in [1.29, 1.82) is 0 Å². The molecule has 3 N–H and O–H groups in total. The number of carbonyl (C=O) groups excluding carboxylic acids is 3. The van der Waals surface area contributed by atoms with Gasteiger partial charge < -0.3 is 29.5 Å². The fourth-order valence-electron chi connectivity index (χ4n) is 1.54. The molecule has 0 fully saturated rings. The van der Waals surface area contributed by atoms with E-state index in [1.165, 1.54) is 20.8 Å². The number of hydrogen-bond donors (Lipinski definition) is 3. The minimum atomic E-state index is -0.833. The Morgan fingerprint density at radius 3 is 0.806 bits per heavy atom. The third kappa shape index (κ3) is 75.2. The van der Waals surface area contributed by atoms with Crippen LogP contribution < -0.4 is 0 Å². The molecular formula is C19H34O12. The number of carboxylic acids is 3. The van der Waals surface area contributed by atoms with E-state index in [0.717, 1.165) is 20.8 Å². The molecule has 0 aromatic rings. The second-order valence-corrected chi connectivity index (χ2v) is 5.81. The minimum Gasteiger partial charge on any atom is -0.481 e. The van der Waals surface area contributed by atoms with Crippen LogP contribution in [0.1, 0.15) is 60.8 Å². The van der Waals surface area contributed by atoms with Crippen molar-refractivity contribution in [2.24, 2.45) is 5.92 Å². The van der Waals surface area contributed by atoms with Crippen molar-refractivity contribution in [2.45, 2.75) is 60.8 Å². The highest BCUT2D eigenvalue weighted by atomic mass is 16.5. The number of ether oxygens (including phenoxy) is 3. The average Bonchev–Trinajstić information content (AvgIpc) is 2.51. The van der Waals surface area contributed by atoms with Crippen LogP contribution in [0.3, 0.4) is 0 Å². The summed E-state index contributed by atoms with van der Waals surface area (Å²) >= 11 is 0. The predicted molar refractivity (Wildman–Crippen MR) is 107 cm³/mol. The molecule has 0 saturated heterocycles. The highest BCUT2D eigenvalue weighted by Gasteiger charge is 2.11. The lowest BCUT2D eigenvalue weighted by molar-refractivity contribution is -0.142. The number of carbonyl (C=O) groups is 6. The molecule has 0 aliphatic carbocycles. The molecule has 12 nitrogen and oxygen atoms in total. The minimum absolute atomic E-state index is 0.179. The molecule has 182 valence electrons.